The first-order valence-electron chi connectivity index (χ1n) is 6.35. The van der Waals surface area contributed by atoms with E-state index in [1.807, 2.05) is 0 Å². The summed E-state index contributed by atoms with van der Waals surface area (Å²) in [6.45, 7) is 2.28. The Kier molecular flexibility index (Phi) is 14.7. The molecule has 0 aliphatic heterocycles. The van der Waals surface area contributed by atoms with Crippen LogP contribution >= 0.6 is 17.2 Å². The van der Waals surface area contributed by atoms with Crippen LogP contribution in [0.1, 0.15) is 71.1 Å². The molecule has 2 atom stereocenters. The van der Waals surface area contributed by atoms with E-state index in [0.717, 1.165) is 8.27 Å². The summed E-state index contributed by atoms with van der Waals surface area (Å²) in [5.41, 5.74) is 0. The Hall–Kier alpha value is 0.860. The summed E-state index contributed by atoms with van der Waals surface area (Å²) in [5.74, 6) is 0. The van der Waals surface area contributed by atoms with Crippen molar-refractivity contribution in [2.24, 2.45) is 0 Å². The Morgan fingerprint density at radius 2 is 1.14 bits per heavy atom. The van der Waals surface area contributed by atoms with Gasteiger partial charge < -0.3 is 0 Å². The molecule has 0 aliphatic rings. The van der Waals surface area contributed by atoms with Gasteiger partial charge in [0.15, 0.2) is 0 Å². The minimum Gasteiger partial charge on any atom is -0.114 e. The molecule has 0 aliphatic carbocycles. The van der Waals surface area contributed by atoms with Gasteiger partial charge in [0.2, 0.25) is 0 Å². The molecule has 0 fully saturated rings. The highest BCUT2D eigenvalue weighted by Crippen LogP contribution is 2.22. The van der Waals surface area contributed by atoms with Crippen LogP contribution in [0.2, 0.25) is 0 Å². The van der Waals surface area contributed by atoms with Crippen LogP contribution in [0.15, 0.2) is 0 Å². The quantitative estimate of drug-likeness (QED) is 0.333. The van der Waals surface area contributed by atoms with Crippen LogP contribution in [0, 0.1) is 0 Å². The molecule has 0 aromatic rings. The predicted molar refractivity (Wildman–Crippen MR) is 74.7 cm³/mol. The molecule has 0 bridgehead atoms. The molecular formula is C12H28P2. The minimum atomic E-state index is 1.09. The van der Waals surface area contributed by atoms with Gasteiger partial charge in [-0.15, -0.1) is 17.2 Å². The molecule has 0 aromatic heterocycles. The van der Waals surface area contributed by atoms with E-state index in [1.54, 1.807) is 0 Å². The van der Waals surface area contributed by atoms with Gasteiger partial charge in [0, 0.05) is 0 Å². The lowest BCUT2D eigenvalue weighted by molar-refractivity contribution is 0.563. The first-order chi connectivity index (χ1) is 6.91. The zero-order valence-corrected chi connectivity index (χ0v) is 12.0. The third kappa shape index (κ3) is 12.9. The highest BCUT2D eigenvalue weighted by Gasteiger charge is 1.91. The Morgan fingerprint density at radius 1 is 0.714 bits per heavy atom. The first-order valence-corrected chi connectivity index (χ1v) is 9.37. The molecule has 0 saturated heterocycles. The second-order valence-corrected chi connectivity index (χ2v) is 6.27. The molecule has 2 unspecified atom stereocenters. The summed E-state index contributed by atoms with van der Waals surface area (Å²) in [5, 5.41) is 0. The lowest BCUT2D eigenvalue weighted by atomic mass is 10.1. The molecule has 86 valence electrons. The summed E-state index contributed by atoms with van der Waals surface area (Å²) < 4.78 is 0. The van der Waals surface area contributed by atoms with Crippen LogP contribution in [0.5, 0.6) is 0 Å². The number of unbranched alkanes of at least 4 members (excludes halogenated alkanes) is 9. The predicted octanol–water partition coefficient (Wildman–Crippen LogP) is 5.38. The van der Waals surface area contributed by atoms with Gasteiger partial charge in [-0.25, -0.2) is 0 Å². The van der Waals surface area contributed by atoms with Crippen LogP contribution in [0.3, 0.4) is 0 Å². The van der Waals surface area contributed by atoms with Gasteiger partial charge in [-0.3, -0.25) is 0 Å². The number of hydrogen-bond acceptors (Lipinski definition) is 0. The molecule has 14 heavy (non-hydrogen) atoms. The van der Waals surface area contributed by atoms with Crippen LogP contribution in [0.4, 0.5) is 0 Å². The molecule has 0 N–H and O–H groups in total. The number of rotatable bonds is 11. The molecule has 0 heterocycles. The molecule has 0 rings (SSSR count). The van der Waals surface area contributed by atoms with E-state index in [0.29, 0.717) is 0 Å². The van der Waals surface area contributed by atoms with Crippen LogP contribution < -0.4 is 0 Å². The lowest BCUT2D eigenvalue weighted by Gasteiger charge is -2.01. The van der Waals surface area contributed by atoms with Gasteiger partial charge in [0.1, 0.15) is 0 Å². The standard InChI is InChI=1S/C12H28P2/c1-2-3-4-5-6-7-8-9-10-11-12-14-13/h14H,2-13H2,1H3. The summed E-state index contributed by atoms with van der Waals surface area (Å²) in [7, 11) is 3.92. The SMILES string of the molecule is CCCCCCCCCCCCPP. The van der Waals surface area contributed by atoms with Crippen LogP contribution in [-0.2, 0) is 0 Å². The molecule has 0 aromatic carbocycles. The Labute approximate surface area is 94.9 Å². The van der Waals surface area contributed by atoms with Crippen molar-refractivity contribution < 1.29 is 0 Å². The topological polar surface area (TPSA) is 0 Å². The smallest absolute Gasteiger partial charge is 0.0319 e. The van der Waals surface area contributed by atoms with Crippen molar-refractivity contribution >= 4 is 17.2 Å². The fourth-order valence-corrected chi connectivity index (χ4v) is 2.78. The average Bonchev–Trinajstić information content (AvgIpc) is 2.21. The summed E-state index contributed by atoms with van der Waals surface area (Å²) >= 11 is 0. The van der Waals surface area contributed by atoms with Crippen molar-refractivity contribution in [2.75, 3.05) is 6.16 Å². The minimum absolute atomic E-state index is 1.09. The van der Waals surface area contributed by atoms with E-state index < -0.39 is 0 Å². The zero-order valence-electron chi connectivity index (χ0n) is 9.86. The molecule has 0 spiro atoms. The summed E-state index contributed by atoms with van der Waals surface area (Å²) in [4.78, 5) is 0. The van der Waals surface area contributed by atoms with E-state index in [-0.39, 0.29) is 0 Å². The average molecular weight is 234 g/mol. The number of hydrogen-bond donors (Lipinski definition) is 0. The molecule has 0 amide bonds. The van der Waals surface area contributed by atoms with Gasteiger partial charge in [0.05, 0.1) is 0 Å². The zero-order chi connectivity index (χ0) is 10.5. The van der Waals surface area contributed by atoms with Gasteiger partial charge >= 0.3 is 0 Å². The highest BCUT2D eigenvalue weighted by atomic mass is 32.0. The van der Waals surface area contributed by atoms with Crippen molar-refractivity contribution in [3.8, 4) is 0 Å². The molecule has 0 radical (unpaired) electrons. The second-order valence-electron chi connectivity index (χ2n) is 4.14. The van der Waals surface area contributed by atoms with E-state index in [9.17, 15) is 0 Å². The molecule has 0 nitrogen and oxygen atoms in total. The van der Waals surface area contributed by atoms with Gasteiger partial charge in [0.25, 0.3) is 0 Å². The summed E-state index contributed by atoms with van der Waals surface area (Å²) in [6.07, 6.45) is 16.0. The van der Waals surface area contributed by atoms with Crippen molar-refractivity contribution in [1.29, 1.82) is 0 Å². The normalized spacial score (nSPS) is 11.6. The maximum atomic E-state index is 2.84. The van der Waals surface area contributed by atoms with Crippen molar-refractivity contribution in [3.63, 3.8) is 0 Å². The van der Waals surface area contributed by atoms with Crippen molar-refractivity contribution in [3.05, 3.63) is 0 Å². The fourth-order valence-electron chi connectivity index (χ4n) is 1.71. The monoisotopic (exact) mass is 234 g/mol. The maximum Gasteiger partial charge on any atom is -0.0319 e. The third-order valence-electron chi connectivity index (χ3n) is 2.67. The van der Waals surface area contributed by atoms with Gasteiger partial charge in [-0.1, -0.05) is 64.7 Å². The van der Waals surface area contributed by atoms with E-state index in [2.05, 4.69) is 15.9 Å². The van der Waals surface area contributed by atoms with Crippen LogP contribution in [-0.4, -0.2) is 6.16 Å². The first kappa shape index (κ1) is 14.9. The highest BCUT2D eigenvalue weighted by molar-refractivity contribution is 8.02. The van der Waals surface area contributed by atoms with Gasteiger partial charge in [-0.2, -0.15) is 0 Å². The summed E-state index contributed by atoms with van der Waals surface area (Å²) in [6, 6.07) is 0. The fraction of sp³-hybridized carbons (Fsp3) is 1.00. The van der Waals surface area contributed by atoms with Gasteiger partial charge in [-0.05, 0) is 12.6 Å². The Bertz CT molecular complexity index is 82.3. The van der Waals surface area contributed by atoms with Crippen LogP contribution in [0.25, 0.3) is 0 Å². The van der Waals surface area contributed by atoms with Crippen molar-refractivity contribution in [1.82, 2.24) is 0 Å². The van der Waals surface area contributed by atoms with Crippen molar-refractivity contribution in [2.45, 2.75) is 71.1 Å². The Morgan fingerprint density at radius 3 is 1.57 bits per heavy atom. The molecular weight excluding hydrogens is 206 g/mol. The lowest BCUT2D eigenvalue weighted by Crippen LogP contribution is -1.82. The molecule has 2 heteroatoms. The Balaban J connectivity index is 2.78. The van der Waals surface area contributed by atoms with E-state index >= 15 is 0 Å². The largest absolute Gasteiger partial charge is 0.114 e. The van der Waals surface area contributed by atoms with E-state index in [1.165, 1.54) is 70.4 Å². The molecule has 0 saturated carbocycles. The third-order valence-corrected chi connectivity index (χ3v) is 4.18. The maximum absolute atomic E-state index is 2.84. The second kappa shape index (κ2) is 13.9. The van der Waals surface area contributed by atoms with E-state index in [4.69, 9.17) is 0 Å².